The highest BCUT2D eigenvalue weighted by atomic mass is 35.5. The van der Waals surface area contributed by atoms with Crippen LogP contribution in [0.15, 0.2) is 83.8 Å². The molecule has 34 heavy (non-hydrogen) atoms. The first-order valence-corrected chi connectivity index (χ1v) is 12.9. The third kappa shape index (κ3) is 7.58. The topological polar surface area (TPSA) is 84.5 Å². The smallest absolute Gasteiger partial charge is 0.258 e. The predicted octanol–water partition coefficient (Wildman–Crippen LogP) is 4.90. The number of sulfonamides is 1. The lowest BCUT2D eigenvalue weighted by Gasteiger charge is -2.16. The number of hydrogen-bond donors (Lipinski definition) is 2. The van der Waals surface area contributed by atoms with Gasteiger partial charge in [0.2, 0.25) is 10.0 Å². The van der Waals surface area contributed by atoms with E-state index in [1.54, 1.807) is 6.92 Å². The lowest BCUT2D eigenvalue weighted by molar-refractivity contribution is -0.123. The Bertz CT molecular complexity index is 1190. The van der Waals surface area contributed by atoms with E-state index in [9.17, 15) is 13.2 Å². The number of hydrogen-bond acceptors (Lipinski definition) is 4. The van der Waals surface area contributed by atoms with Crippen molar-refractivity contribution in [1.82, 2.24) is 10.0 Å². The molecule has 6 nitrogen and oxygen atoms in total. The molecule has 2 N–H and O–H groups in total. The summed E-state index contributed by atoms with van der Waals surface area (Å²) in [5.74, 6) is -0.0320. The number of benzene rings is 3. The Morgan fingerprint density at radius 3 is 2.26 bits per heavy atom. The zero-order valence-corrected chi connectivity index (χ0v) is 20.8. The van der Waals surface area contributed by atoms with Crippen LogP contribution in [0.2, 0.25) is 5.02 Å². The number of halogens is 1. The third-order valence-corrected chi connectivity index (χ3v) is 7.15. The first-order valence-electron chi connectivity index (χ1n) is 11.1. The Labute approximate surface area is 206 Å². The van der Waals surface area contributed by atoms with Crippen LogP contribution in [-0.2, 0) is 21.2 Å². The fourth-order valence-electron chi connectivity index (χ4n) is 3.44. The van der Waals surface area contributed by atoms with Crippen LogP contribution in [0.25, 0.3) is 0 Å². The zero-order chi connectivity index (χ0) is 24.6. The fraction of sp³-hybridized carbons (Fsp3) is 0.269. The molecule has 0 spiro atoms. The summed E-state index contributed by atoms with van der Waals surface area (Å²) in [5.41, 5.74) is 2.07. The number of nitrogens with one attached hydrogen (secondary N) is 2. The zero-order valence-electron chi connectivity index (χ0n) is 19.2. The maximum absolute atomic E-state index is 12.8. The van der Waals surface area contributed by atoms with Crippen LogP contribution in [0, 0.1) is 0 Å². The number of ether oxygens (including phenoxy) is 1. The van der Waals surface area contributed by atoms with E-state index < -0.39 is 16.1 Å². The molecule has 2 atom stereocenters. The second-order valence-corrected chi connectivity index (χ2v) is 10.2. The monoisotopic (exact) mass is 500 g/mol. The van der Waals surface area contributed by atoms with E-state index in [0.717, 1.165) is 18.4 Å². The van der Waals surface area contributed by atoms with Gasteiger partial charge in [-0.25, -0.2) is 13.1 Å². The van der Waals surface area contributed by atoms with Gasteiger partial charge in [-0.1, -0.05) is 72.3 Å². The summed E-state index contributed by atoms with van der Waals surface area (Å²) < 4.78 is 33.7. The van der Waals surface area contributed by atoms with Crippen molar-refractivity contribution in [2.24, 2.45) is 0 Å². The van der Waals surface area contributed by atoms with E-state index in [-0.39, 0.29) is 34.2 Å². The molecule has 0 aliphatic carbocycles. The van der Waals surface area contributed by atoms with Crippen LogP contribution >= 0.6 is 11.6 Å². The van der Waals surface area contributed by atoms with Gasteiger partial charge in [-0.3, -0.25) is 4.79 Å². The van der Waals surface area contributed by atoms with Crippen molar-refractivity contribution >= 4 is 27.5 Å². The van der Waals surface area contributed by atoms with Gasteiger partial charge in [-0.15, -0.1) is 0 Å². The highest BCUT2D eigenvalue weighted by Gasteiger charge is 2.20. The summed E-state index contributed by atoms with van der Waals surface area (Å²) in [6.07, 6.45) is 1.67. The SMILES string of the molecule is C[C@H](CCc1ccccc1)NC(=O)COc1ccc(S(=O)(=O)N[C@@H](C)c2ccccc2)cc1Cl. The molecule has 3 aromatic carbocycles. The van der Waals surface area contributed by atoms with Gasteiger partial charge in [0.05, 0.1) is 9.92 Å². The van der Waals surface area contributed by atoms with Crippen molar-refractivity contribution in [3.05, 3.63) is 95.0 Å². The molecule has 0 aliphatic rings. The maximum Gasteiger partial charge on any atom is 0.258 e. The van der Waals surface area contributed by atoms with Crippen molar-refractivity contribution < 1.29 is 17.9 Å². The third-order valence-electron chi connectivity index (χ3n) is 5.32. The minimum Gasteiger partial charge on any atom is -0.482 e. The van der Waals surface area contributed by atoms with Crippen LogP contribution < -0.4 is 14.8 Å². The fourth-order valence-corrected chi connectivity index (χ4v) is 4.99. The highest BCUT2D eigenvalue weighted by molar-refractivity contribution is 7.89. The number of rotatable bonds is 11. The Hall–Kier alpha value is -2.87. The van der Waals surface area contributed by atoms with Crippen molar-refractivity contribution in [3.63, 3.8) is 0 Å². The van der Waals surface area contributed by atoms with Crippen molar-refractivity contribution in [3.8, 4) is 5.75 Å². The van der Waals surface area contributed by atoms with Crippen molar-refractivity contribution in [1.29, 1.82) is 0 Å². The molecule has 0 unspecified atom stereocenters. The molecule has 3 rings (SSSR count). The van der Waals surface area contributed by atoms with Crippen LogP contribution in [0.3, 0.4) is 0 Å². The van der Waals surface area contributed by atoms with E-state index in [1.165, 1.54) is 23.8 Å². The summed E-state index contributed by atoms with van der Waals surface area (Å²) in [6.45, 7) is 3.49. The molecule has 0 bridgehead atoms. The average Bonchev–Trinajstić information content (AvgIpc) is 2.83. The summed E-state index contributed by atoms with van der Waals surface area (Å²) in [6, 6.07) is 23.1. The van der Waals surface area contributed by atoms with E-state index >= 15 is 0 Å². The lowest BCUT2D eigenvalue weighted by Crippen LogP contribution is -2.36. The van der Waals surface area contributed by atoms with E-state index in [1.807, 2.05) is 55.5 Å². The Kier molecular flexibility index (Phi) is 9.10. The average molecular weight is 501 g/mol. The molecule has 0 heterocycles. The Morgan fingerprint density at radius 2 is 1.62 bits per heavy atom. The largest absolute Gasteiger partial charge is 0.482 e. The van der Waals surface area contributed by atoms with Crippen molar-refractivity contribution in [2.75, 3.05) is 6.61 Å². The van der Waals surface area contributed by atoms with Gasteiger partial charge >= 0.3 is 0 Å². The molecule has 0 aromatic heterocycles. The molecule has 0 radical (unpaired) electrons. The van der Waals surface area contributed by atoms with Gasteiger partial charge in [0.15, 0.2) is 6.61 Å². The predicted molar refractivity (Wildman–Crippen MR) is 134 cm³/mol. The second-order valence-electron chi connectivity index (χ2n) is 8.13. The standard InChI is InChI=1S/C26H29ClN2O4S/c1-19(13-14-21-9-5-3-6-10-21)28-26(30)18-33-25-16-15-23(17-24(25)27)34(31,32)29-20(2)22-11-7-4-8-12-22/h3-12,15-17,19-20,29H,13-14,18H2,1-2H3,(H,28,30)/t19-,20+/m1/s1. The highest BCUT2D eigenvalue weighted by Crippen LogP contribution is 2.28. The number of aryl methyl sites for hydroxylation is 1. The Balaban J connectivity index is 1.51. The minimum atomic E-state index is -3.79. The van der Waals surface area contributed by atoms with Crippen LogP contribution in [-0.4, -0.2) is 27.0 Å². The molecule has 3 aromatic rings. The van der Waals surface area contributed by atoms with Gasteiger partial charge in [0.25, 0.3) is 5.91 Å². The Morgan fingerprint density at radius 1 is 0.971 bits per heavy atom. The molecule has 1 amide bonds. The molecular formula is C26H29ClN2O4S. The minimum absolute atomic E-state index is 0.0167. The lowest BCUT2D eigenvalue weighted by atomic mass is 10.1. The normalized spacial score (nSPS) is 13.1. The van der Waals surface area contributed by atoms with Gasteiger partial charge in [0, 0.05) is 12.1 Å². The molecule has 0 saturated carbocycles. The molecule has 180 valence electrons. The first-order chi connectivity index (χ1) is 16.2. The van der Waals surface area contributed by atoms with E-state index in [4.69, 9.17) is 16.3 Å². The number of amides is 1. The van der Waals surface area contributed by atoms with Gasteiger partial charge in [-0.2, -0.15) is 0 Å². The van der Waals surface area contributed by atoms with Crippen LogP contribution in [0.5, 0.6) is 5.75 Å². The second kappa shape index (κ2) is 12.0. The summed E-state index contributed by atoms with van der Waals surface area (Å²) in [5, 5.41) is 3.01. The van der Waals surface area contributed by atoms with Crippen LogP contribution in [0.4, 0.5) is 0 Å². The molecule has 0 aliphatic heterocycles. The van der Waals surface area contributed by atoms with Crippen molar-refractivity contribution in [2.45, 2.75) is 43.7 Å². The van der Waals surface area contributed by atoms with Crippen LogP contribution in [0.1, 0.15) is 37.4 Å². The van der Waals surface area contributed by atoms with Gasteiger partial charge < -0.3 is 10.1 Å². The van der Waals surface area contributed by atoms with E-state index in [0.29, 0.717) is 0 Å². The molecule has 0 saturated heterocycles. The first kappa shape index (κ1) is 25.7. The van der Waals surface area contributed by atoms with E-state index in [2.05, 4.69) is 22.2 Å². The maximum atomic E-state index is 12.8. The van der Waals surface area contributed by atoms with Gasteiger partial charge in [-0.05, 0) is 56.0 Å². The molecule has 0 fully saturated rings. The molecular weight excluding hydrogens is 472 g/mol. The number of carbonyl (C=O) groups excluding carboxylic acids is 1. The quantitative estimate of drug-likeness (QED) is 0.392. The summed E-state index contributed by atoms with van der Waals surface area (Å²) >= 11 is 6.25. The van der Waals surface area contributed by atoms with Gasteiger partial charge in [0.1, 0.15) is 5.75 Å². The molecule has 8 heteroatoms. The summed E-state index contributed by atoms with van der Waals surface area (Å²) in [4.78, 5) is 12.3. The summed E-state index contributed by atoms with van der Waals surface area (Å²) in [7, 11) is -3.79. The number of carbonyl (C=O) groups is 1.